The SMILES string of the molecule is CCN1CCN(c2ncnc(Sc3ccc(Cl)cc3)c2[N+](=O)[O-])CC1. The van der Waals surface area contributed by atoms with E-state index in [1.165, 1.54) is 18.1 Å². The summed E-state index contributed by atoms with van der Waals surface area (Å²) in [6.07, 6.45) is 1.40. The number of nitro groups is 1. The molecule has 2 aromatic rings. The molecule has 132 valence electrons. The molecule has 2 heterocycles. The molecule has 25 heavy (non-hydrogen) atoms. The van der Waals surface area contributed by atoms with Gasteiger partial charge < -0.3 is 9.80 Å². The molecular weight excluding hydrogens is 362 g/mol. The van der Waals surface area contributed by atoms with Crippen molar-refractivity contribution in [2.75, 3.05) is 37.6 Å². The van der Waals surface area contributed by atoms with Crippen LogP contribution < -0.4 is 4.90 Å². The van der Waals surface area contributed by atoms with E-state index in [0.29, 0.717) is 15.9 Å². The van der Waals surface area contributed by atoms with Crippen LogP contribution in [0.1, 0.15) is 6.92 Å². The average Bonchev–Trinajstić information content (AvgIpc) is 2.63. The molecular formula is C16H18ClN5O2S. The number of hydrogen-bond acceptors (Lipinski definition) is 7. The lowest BCUT2D eigenvalue weighted by Gasteiger charge is -2.34. The van der Waals surface area contributed by atoms with Crippen molar-refractivity contribution in [1.82, 2.24) is 14.9 Å². The van der Waals surface area contributed by atoms with Gasteiger partial charge in [-0.15, -0.1) is 0 Å². The van der Waals surface area contributed by atoms with E-state index in [-0.39, 0.29) is 10.6 Å². The zero-order valence-corrected chi connectivity index (χ0v) is 15.3. The molecule has 1 aromatic heterocycles. The van der Waals surface area contributed by atoms with Crippen LogP contribution >= 0.6 is 23.4 Å². The maximum absolute atomic E-state index is 11.7. The topological polar surface area (TPSA) is 75.4 Å². The molecule has 0 aliphatic carbocycles. The second-order valence-corrected chi connectivity index (χ2v) is 7.08. The highest BCUT2D eigenvalue weighted by molar-refractivity contribution is 7.99. The second kappa shape index (κ2) is 7.99. The summed E-state index contributed by atoms with van der Waals surface area (Å²) in [6, 6.07) is 7.14. The molecule has 0 unspecified atom stereocenters. The summed E-state index contributed by atoms with van der Waals surface area (Å²) in [7, 11) is 0. The van der Waals surface area contributed by atoms with Crippen LogP contribution in [0, 0.1) is 10.1 Å². The van der Waals surface area contributed by atoms with Crippen molar-refractivity contribution >= 4 is 34.9 Å². The summed E-state index contributed by atoms with van der Waals surface area (Å²) in [5.74, 6) is 0.396. The molecule has 0 radical (unpaired) electrons. The predicted molar refractivity (Wildman–Crippen MR) is 98.6 cm³/mol. The van der Waals surface area contributed by atoms with Gasteiger partial charge in [0.15, 0.2) is 5.03 Å². The van der Waals surface area contributed by atoms with Crippen LogP contribution in [0.2, 0.25) is 5.02 Å². The Hall–Kier alpha value is -1.90. The van der Waals surface area contributed by atoms with Crippen LogP contribution in [0.25, 0.3) is 0 Å². The first-order valence-electron chi connectivity index (χ1n) is 7.98. The Bertz CT molecular complexity index is 751. The van der Waals surface area contributed by atoms with E-state index in [2.05, 4.69) is 21.8 Å². The van der Waals surface area contributed by atoms with Gasteiger partial charge in [-0.3, -0.25) is 10.1 Å². The number of nitrogens with zero attached hydrogens (tertiary/aromatic N) is 5. The molecule has 1 aliphatic heterocycles. The van der Waals surface area contributed by atoms with E-state index in [1.54, 1.807) is 12.1 Å². The standard InChI is InChI=1S/C16H18ClN5O2S/c1-2-20-7-9-21(10-8-20)15-14(22(23)24)16(19-11-18-15)25-13-5-3-12(17)4-6-13/h3-6,11H,2,7-10H2,1H3. The number of likely N-dealkylation sites (N-methyl/N-ethyl adjacent to an activating group) is 1. The summed E-state index contributed by atoms with van der Waals surface area (Å²) in [4.78, 5) is 24.8. The van der Waals surface area contributed by atoms with Crippen molar-refractivity contribution in [2.45, 2.75) is 16.8 Å². The van der Waals surface area contributed by atoms with E-state index in [1.807, 2.05) is 17.0 Å². The third kappa shape index (κ3) is 4.20. The zero-order chi connectivity index (χ0) is 17.8. The Morgan fingerprint density at radius 2 is 1.88 bits per heavy atom. The molecule has 7 nitrogen and oxygen atoms in total. The minimum Gasteiger partial charge on any atom is -0.348 e. The quantitative estimate of drug-likeness (QED) is 0.448. The number of halogens is 1. The maximum Gasteiger partial charge on any atom is 0.343 e. The third-order valence-electron chi connectivity index (χ3n) is 4.10. The van der Waals surface area contributed by atoms with E-state index in [9.17, 15) is 10.1 Å². The number of anilines is 1. The minimum absolute atomic E-state index is 0.0348. The largest absolute Gasteiger partial charge is 0.348 e. The lowest BCUT2D eigenvalue weighted by atomic mass is 10.3. The van der Waals surface area contributed by atoms with Gasteiger partial charge in [0, 0.05) is 36.1 Å². The normalized spacial score (nSPS) is 15.4. The van der Waals surface area contributed by atoms with Gasteiger partial charge in [0.05, 0.1) is 4.92 Å². The van der Waals surface area contributed by atoms with Gasteiger partial charge in [0.2, 0.25) is 5.82 Å². The van der Waals surface area contributed by atoms with Gasteiger partial charge >= 0.3 is 5.69 Å². The Balaban J connectivity index is 1.89. The van der Waals surface area contributed by atoms with Gasteiger partial charge in [-0.25, -0.2) is 9.97 Å². The molecule has 1 saturated heterocycles. The average molecular weight is 380 g/mol. The van der Waals surface area contributed by atoms with Crippen LogP contribution in [0.3, 0.4) is 0 Å². The van der Waals surface area contributed by atoms with Crippen molar-refractivity contribution in [1.29, 1.82) is 0 Å². The maximum atomic E-state index is 11.7. The highest BCUT2D eigenvalue weighted by Gasteiger charge is 2.29. The molecule has 0 saturated carbocycles. The number of hydrogen-bond donors (Lipinski definition) is 0. The minimum atomic E-state index is -0.389. The molecule has 0 N–H and O–H groups in total. The first kappa shape index (κ1) is 17.9. The number of benzene rings is 1. The van der Waals surface area contributed by atoms with E-state index >= 15 is 0 Å². The molecule has 0 spiro atoms. The van der Waals surface area contributed by atoms with Crippen LogP contribution in [-0.2, 0) is 0 Å². The molecule has 1 aromatic carbocycles. The summed E-state index contributed by atoms with van der Waals surface area (Å²) in [5, 5.41) is 12.7. The van der Waals surface area contributed by atoms with Crippen molar-refractivity contribution in [3.05, 3.63) is 45.7 Å². The van der Waals surface area contributed by atoms with E-state index in [4.69, 9.17) is 11.6 Å². The number of piperazine rings is 1. The van der Waals surface area contributed by atoms with Gasteiger partial charge in [0.1, 0.15) is 6.33 Å². The fraction of sp³-hybridized carbons (Fsp3) is 0.375. The van der Waals surface area contributed by atoms with Gasteiger partial charge in [-0.1, -0.05) is 30.3 Å². The Morgan fingerprint density at radius 1 is 1.20 bits per heavy atom. The monoisotopic (exact) mass is 379 g/mol. The van der Waals surface area contributed by atoms with Crippen LogP contribution in [0.5, 0.6) is 0 Å². The summed E-state index contributed by atoms with van der Waals surface area (Å²) in [6.45, 7) is 6.28. The molecule has 9 heteroatoms. The first-order valence-corrected chi connectivity index (χ1v) is 9.18. The smallest absolute Gasteiger partial charge is 0.343 e. The highest BCUT2D eigenvalue weighted by Crippen LogP contribution is 2.38. The van der Waals surface area contributed by atoms with E-state index < -0.39 is 0 Å². The second-order valence-electron chi connectivity index (χ2n) is 5.59. The molecule has 1 aliphatic rings. The Labute approximate surface area is 155 Å². The predicted octanol–water partition coefficient (Wildman–Crippen LogP) is 3.33. The number of rotatable bonds is 5. The summed E-state index contributed by atoms with van der Waals surface area (Å²) >= 11 is 7.14. The van der Waals surface area contributed by atoms with Gasteiger partial charge in [-0.05, 0) is 30.8 Å². The van der Waals surface area contributed by atoms with Crippen LogP contribution in [0.4, 0.5) is 11.5 Å². The first-order chi connectivity index (χ1) is 12.1. The molecule has 0 amide bonds. The molecule has 3 rings (SSSR count). The van der Waals surface area contributed by atoms with Gasteiger partial charge in [0.25, 0.3) is 0 Å². The lowest BCUT2D eigenvalue weighted by Crippen LogP contribution is -2.46. The third-order valence-corrected chi connectivity index (χ3v) is 5.35. The molecule has 0 bridgehead atoms. The fourth-order valence-corrected chi connectivity index (χ4v) is 3.69. The van der Waals surface area contributed by atoms with Crippen molar-refractivity contribution < 1.29 is 4.92 Å². The molecule has 0 atom stereocenters. The Morgan fingerprint density at radius 3 is 2.48 bits per heavy atom. The lowest BCUT2D eigenvalue weighted by molar-refractivity contribution is -0.387. The summed E-state index contributed by atoms with van der Waals surface area (Å²) in [5.41, 5.74) is -0.0348. The highest BCUT2D eigenvalue weighted by atomic mass is 35.5. The zero-order valence-electron chi connectivity index (χ0n) is 13.8. The van der Waals surface area contributed by atoms with Crippen molar-refractivity contribution in [2.24, 2.45) is 0 Å². The van der Waals surface area contributed by atoms with Crippen LogP contribution in [0.15, 0.2) is 40.5 Å². The van der Waals surface area contributed by atoms with Crippen molar-refractivity contribution in [3.63, 3.8) is 0 Å². The molecule has 1 fully saturated rings. The van der Waals surface area contributed by atoms with Gasteiger partial charge in [-0.2, -0.15) is 0 Å². The van der Waals surface area contributed by atoms with E-state index in [0.717, 1.165) is 37.6 Å². The fourth-order valence-electron chi connectivity index (χ4n) is 2.71. The number of aromatic nitrogens is 2. The Kier molecular flexibility index (Phi) is 5.72. The van der Waals surface area contributed by atoms with Crippen molar-refractivity contribution in [3.8, 4) is 0 Å². The van der Waals surface area contributed by atoms with Crippen LogP contribution in [-0.4, -0.2) is 52.5 Å². The summed E-state index contributed by atoms with van der Waals surface area (Å²) < 4.78 is 0.